The van der Waals surface area contributed by atoms with Crippen molar-refractivity contribution in [1.29, 1.82) is 0 Å². The minimum Gasteiger partial charge on any atom is -0.497 e. The van der Waals surface area contributed by atoms with Gasteiger partial charge in [-0.1, -0.05) is 26.0 Å². The summed E-state index contributed by atoms with van der Waals surface area (Å²) in [6.07, 6.45) is 1.12. The van der Waals surface area contributed by atoms with Crippen LogP contribution in [0.5, 0.6) is 5.75 Å². The molecule has 0 radical (unpaired) electrons. The number of nitrogens with zero attached hydrogens (tertiary/aromatic N) is 1. The molecule has 1 aliphatic rings. The van der Waals surface area contributed by atoms with Crippen molar-refractivity contribution >= 4 is 17.6 Å². The van der Waals surface area contributed by atoms with E-state index in [1.165, 1.54) is 18.2 Å². The van der Waals surface area contributed by atoms with Crippen LogP contribution in [-0.4, -0.2) is 48.7 Å². The Hall–Kier alpha value is -3.22. The van der Waals surface area contributed by atoms with E-state index in [1.807, 2.05) is 13.8 Å². The summed E-state index contributed by atoms with van der Waals surface area (Å²) in [7, 11) is 1.58. The van der Waals surface area contributed by atoms with Crippen molar-refractivity contribution in [2.24, 2.45) is 11.8 Å². The molecule has 6 nitrogen and oxygen atoms in total. The molecule has 0 aliphatic carbocycles. The second-order valence-corrected chi connectivity index (χ2v) is 8.37. The van der Waals surface area contributed by atoms with Gasteiger partial charge < -0.3 is 15.0 Å². The van der Waals surface area contributed by atoms with Gasteiger partial charge in [0.05, 0.1) is 12.7 Å². The Balaban J connectivity index is 1.61. The van der Waals surface area contributed by atoms with Crippen molar-refractivity contribution in [3.05, 3.63) is 65.5 Å². The van der Waals surface area contributed by atoms with E-state index in [9.17, 15) is 18.8 Å². The van der Waals surface area contributed by atoms with Crippen LogP contribution in [0.25, 0.3) is 0 Å². The minimum atomic E-state index is -0.768. The Kier molecular flexibility index (Phi) is 7.62. The number of benzene rings is 2. The second-order valence-electron chi connectivity index (χ2n) is 8.37. The number of halogens is 1. The van der Waals surface area contributed by atoms with E-state index in [0.717, 1.165) is 0 Å². The Morgan fingerprint density at radius 1 is 1.03 bits per heavy atom. The molecule has 170 valence electrons. The second kappa shape index (κ2) is 10.4. The zero-order valence-electron chi connectivity index (χ0n) is 18.6. The van der Waals surface area contributed by atoms with E-state index >= 15 is 0 Å². The van der Waals surface area contributed by atoms with E-state index in [4.69, 9.17) is 4.74 Å². The largest absolute Gasteiger partial charge is 0.497 e. The molecule has 7 heteroatoms. The normalized spacial score (nSPS) is 15.3. The number of nitrogens with one attached hydrogen (secondary N) is 1. The lowest BCUT2D eigenvalue weighted by molar-refractivity contribution is -0.135. The molecular weight excluding hydrogens is 411 g/mol. The molecule has 0 aromatic heterocycles. The van der Waals surface area contributed by atoms with E-state index in [0.29, 0.717) is 37.2 Å². The number of ether oxygens (including phenoxy) is 1. The van der Waals surface area contributed by atoms with Gasteiger partial charge in [-0.2, -0.15) is 0 Å². The first-order valence-corrected chi connectivity index (χ1v) is 10.8. The summed E-state index contributed by atoms with van der Waals surface area (Å²) in [5, 5.41) is 2.69. The molecule has 2 aromatic carbocycles. The summed E-state index contributed by atoms with van der Waals surface area (Å²) in [6.45, 7) is 4.54. The van der Waals surface area contributed by atoms with E-state index in [1.54, 1.807) is 42.3 Å². The summed E-state index contributed by atoms with van der Waals surface area (Å²) in [5.74, 6) is -1.01. The average molecular weight is 441 g/mol. The fourth-order valence-electron chi connectivity index (χ4n) is 3.93. The van der Waals surface area contributed by atoms with Gasteiger partial charge in [-0.25, -0.2) is 4.39 Å². The number of carbonyl (C=O) groups is 3. The van der Waals surface area contributed by atoms with Gasteiger partial charge in [0.2, 0.25) is 5.91 Å². The molecule has 0 saturated carbocycles. The Morgan fingerprint density at radius 3 is 2.22 bits per heavy atom. The van der Waals surface area contributed by atoms with Crippen molar-refractivity contribution in [2.45, 2.75) is 32.7 Å². The van der Waals surface area contributed by atoms with Gasteiger partial charge in [0, 0.05) is 24.6 Å². The zero-order chi connectivity index (χ0) is 23.3. The third-order valence-corrected chi connectivity index (χ3v) is 5.89. The first-order chi connectivity index (χ1) is 15.3. The van der Waals surface area contributed by atoms with Gasteiger partial charge in [-0.3, -0.25) is 14.4 Å². The van der Waals surface area contributed by atoms with Gasteiger partial charge in [-0.05, 0) is 55.2 Å². The van der Waals surface area contributed by atoms with E-state index < -0.39 is 17.8 Å². The molecule has 1 atom stereocenters. The lowest BCUT2D eigenvalue weighted by Crippen LogP contribution is -2.53. The Morgan fingerprint density at radius 2 is 1.66 bits per heavy atom. The zero-order valence-corrected chi connectivity index (χ0v) is 18.6. The number of amides is 2. The SMILES string of the molecule is COc1ccc(C(=O)C2CCN(C(=O)[C@H](NC(=O)c3ccccc3F)C(C)C)CC2)cc1. The van der Waals surface area contributed by atoms with E-state index in [2.05, 4.69) is 5.32 Å². The number of piperidine rings is 1. The average Bonchev–Trinajstić information content (AvgIpc) is 2.81. The van der Waals surface area contributed by atoms with Crippen LogP contribution in [0.1, 0.15) is 47.4 Å². The molecule has 1 aliphatic heterocycles. The lowest BCUT2D eigenvalue weighted by Gasteiger charge is -2.35. The highest BCUT2D eigenvalue weighted by molar-refractivity contribution is 5.99. The fourth-order valence-corrected chi connectivity index (χ4v) is 3.93. The summed E-state index contributed by atoms with van der Waals surface area (Å²) in [4.78, 5) is 40.2. The number of rotatable bonds is 7. The van der Waals surface area contributed by atoms with Crippen LogP contribution in [0.2, 0.25) is 0 Å². The molecule has 3 rings (SSSR count). The standard InChI is InChI=1S/C25H29FN2O4/c1-16(2)22(27-24(30)20-6-4-5-7-21(20)26)25(31)28-14-12-18(13-15-28)23(29)17-8-10-19(32-3)11-9-17/h4-11,16,18,22H,12-15H2,1-3H3,(H,27,30)/t22-/m1/s1. The molecule has 1 fully saturated rings. The fraction of sp³-hybridized carbons (Fsp3) is 0.400. The maximum Gasteiger partial charge on any atom is 0.254 e. The van der Waals surface area contributed by atoms with Crippen LogP contribution in [0.4, 0.5) is 4.39 Å². The van der Waals surface area contributed by atoms with Gasteiger partial charge in [0.25, 0.3) is 5.91 Å². The number of hydrogen-bond acceptors (Lipinski definition) is 4. The highest BCUT2D eigenvalue weighted by atomic mass is 19.1. The van der Waals surface area contributed by atoms with Crippen molar-refractivity contribution < 1.29 is 23.5 Å². The number of methoxy groups -OCH3 is 1. The van der Waals surface area contributed by atoms with Crippen LogP contribution in [0, 0.1) is 17.7 Å². The van der Waals surface area contributed by atoms with Crippen molar-refractivity contribution in [1.82, 2.24) is 10.2 Å². The van der Waals surface area contributed by atoms with Gasteiger partial charge >= 0.3 is 0 Å². The number of hydrogen-bond donors (Lipinski definition) is 1. The number of ketones is 1. The lowest BCUT2D eigenvalue weighted by atomic mass is 9.88. The molecular formula is C25H29FN2O4. The van der Waals surface area contributed by atoms with Crippen molar-refractivity contribution in [3.8, 4) is 5.75 Å². The van der Waals surface area contributed by atoms with Crippen LogP contribution >= 0.6 is 0 Å². The van der Waals surface area contributed by atoms with E-state index in [-0.39, 0.29) is 29.1 Å². The predicted octanol–water partition coefficient (Wildman–Crippen LogP) is 3.71. The van der Waals surface area contributed by atoms with Gasteiger partial charge in [-0.15, -0.1) is 0 Å². The number of carbonyl (C=O) groups excluding carboxylic acids is 3. The minimum absolute atomic E-state index is 0.0630. The summed E-state index contributed by atoms with van der Waals surface area (Å²) < 4.78 is 19.1. The van der Waals surface area contributed by atoms with Crippen LogP contribution in [0.15, 0.2) is 48.5 Å². The predicted molar refractivity (Wildman–Crippen MR) is 119 cm³/mol. The first-order valence-electron chi connectivity index (χ1n) is 10.8. The summed E-state index contributed by atoms with van der Waals surface area (Å²) in [6, 6.07) is 12.0. The molecule has 1 saturated heterocycles. The maximum absolute atomic E-state index is 14.0. The van der Waals surface area contributed by atoms with Crippen molar-refractivity contribution in [3.63, 3.8) is 0 Å². The Labute approximate surface area is 187 Å². The summed E-state index contributed by atoms with van der Waals surface area (Å²) >= 11 is 0. The molecule has 2 amide bonds. The molecule has 0 spiro atoms. The molecule has 0 bridgehead atoms. The van der Waals surface area contributed by atoms with Gasteiger partial charge in [0.15, 0.2) is 5.78 Å². The highest BCUT2D eigenvalue weighted by Gasteiger charge is 2.33. The van der Waals surface area contributed by atoms with Crippen LogP contribution in [0.3, 0.4) is 0 Å². The Bertz CT molecular complexity index is 966. The third-order valence-electron chi connectivity index (χ3n) is 5.89. The topological polar surface area (TPSA) is 75.7 Å². The molecule has 0 unspecified atom stereocenters. The molecule has 2 aromatic rings. The monoisotopic (exact) mass is 440 g/mol. The van der Waals surface area contributed by atoms with Crippen molar-refractivity contribution in [2.75, 3.05) is 20.2 Å². The number of Topliss-reactive ketones (excluding diaryl/α,β-unsaturated/α-hetero) is 1. The van der Waals surface area contributed by atoms with Gasteiger partial charge in [0.1, 0.15) is 17.6 Å². The molecule has 1 N–H and O–H groups in total. The highest BCUT2D eigenvalue weighted by Crippen LogP contribution is 2.24. The van der Waals surface area contributed by atoms with Crippen LogP contribution < -0.4 is 10.1 Å². The maximum atomic E-state index is 14.0. The molecule has 1 heterocycles. The molecule has 32 heavy (non-hydrogen) atoms. The number of likely N-dealkylation sites (tertiary alicyclic amines) is 1. The van der Waals surface area contributed by atoms with Crippen LogP contribution in [-0.2, 0) is 4.79 Å². The third kappa shape index (κ3) is 5.33. The smallest absolute Gasteiger partial charge is 0.254 e. The summed E-state index contributed by atoms with van der Waals surface area (Å²) in [5.41, 5.74) is 0.544. The first kappa shape index (κ1) is 23.4. The quantitative estimate of drug-likeness (QED) is 0.666.